The van der Waals surface area contributed by atoms with Crippen molar-refractivity contribution in [1.29, 1.82) is 0 Å². The highest BCUT2D eigenvalue weighted by atomic mass is 16.6. The minimum atomic E-state index is -0.655. The number of aliphatic hydroxyl groups is 2. The van der Waals surface area contributed by atoms with E-state index in [4.69, 9.17) is 18.9 Å². The number of aryl methyl sites for hydroxylation is 1. The minimum Gasteiger partial charge on any atom is -0.504 e. The second kappa shape index (κ2) is 14.3. The van der Waals surface area contributed by atoms with Crippen LogP contribution in [-0.2, 0) is 17.6 Å². The molecule has 2 aromatic rings. The summed E-state index contributed by atoms with van der Waals surface area (Å²) in [6.07, 6.45) is 6.33. The third kappa shape index (κ3) is 8.15. The van der Waals surface area contributed by atoms with Crippen LogP contribution in [0.5, 0.6) is 28.7 Å². The fraction of sp³-hybridized carbons (Fsp3) is 0.586. The van der Waals surface area contributed by atoms with Crippen LogP contribution in [0.4, 0.5) is 0 Å². The first-order valence-corrected chi connectivity index (χ1v) is 13.2. The van der Waals surface area contributed by atoms with Gasteiger partial charge in [0.15, 0.2) is 23.0 Å². The average Bonchev–Trinajstić information content (AvgIpc) is 3.41. The third-order valence-corrected chi connectivity index (χ3v) is 7.27. The van der Waals surface area contributed by atoms with Crippen LogP contribution in [0.1, 0.15) is 63.0 Å². The molecule has 0 heterocycles. The Morgan fingerprint density at radius 3 is 2.19 bits per heavy atom. The maximum Gasteiger partial charge on any atom is 0.200 e. The molecule has 1 aliphatic carbocycles. The number of benzene rings is 2. The smallest absolute Gasteiger partial charge is 0.200 e. The van der Waals surface area contributed by atoms with Gasteiger partial charge in [-0.2, -0.15) is 0 Å². The first-order valence-electron chi connectivity index (χ1n) is 13.2. The van der Waals surface area contributed by atoms with Crippen molar-refractivity contribution in [3.8, 4) is 28.7 Å². The van der Waals surface area contributed by atoms with Crippen LogP contribution in [0.2, 0.25) is 0 Å². The van der Waals surface area contributed by atoms with E-state index in [1.54, 1.807) is 18.2 Å². The Bertz CT molecular complexity index is 947. The van der Waals surface area contributed by atoms with Gasteiger partial charge in [0, 0.05) is 0 Å². The van der Waals surface area contributed by atoms with Crippen LogP contribution in [0, 0.1) is 5.92 Å². The SMILES string of the molecule is CCC(Cc1ccc(O)c(OC2CCCC2)c1)C(CC(O)CCc1cc(OC)c(O)c(OC)c1)OCO. The van der Waals surface area contributed by atoms with Gasteiger partial charge < -0.3 is 39.4 Å². The molecule has 37 heavy (non-hydrogen) atoms. The van der Waals surface area contributed by atoms with E-state index in [1.165, 1.54) is 14.2 Å². The standard InChI is InChI=1S/C29H42O8/c1-4-21(13-19-10-12-24(32)26(14-19)37-23-7-5-6-8-23)25(36-18-30)17-22(31)11-9-20-15-27(34-2)29(33)28(16-20)35-3/h10,12,14-16,21-23,25,30-33H,4-9,11,13,17-18H2,1-3H3. The zero-order chi connectivity index (χ0) is 26.8. The number of phenols is 2. The highest BCUT2D eigenvalue weighted by Crippen LogP contribution is 2.38. The Morgan fingerprint density at radius 1 is 0.946 bits per heavy atom. The second-order valence-corrected chi connectivity index (χ2v) is 9.81. The fourth-order valence-corrected chi connectivity index (χ4v) is 5.11. The quantitative estimate of drug-likeness (QED) is 0.250. The summed E-state index contributed by atoms with van der Waals surface area (Å²) >= 11 is 0. The van der Waals surface area contributed by atoms with Gasteiger partial charge in [0.05, 0.1) is 32.5 Å². The van der Waals surface area contributed by atoms with Gasteiger partial charge in [-0.1, -0.05) is 19.4 Å². The monoisotopic (exact) mass is 518 g/mol. The lowest BCUT2D eigenvalue weighted by atomic mass is 9.87. The summed E-state index contributed by atoms with van der Waals surface area (Å²) in [5.41, 5.74) is 1.89. The molecule has 4 N–H and O–H groups in total. The molecule has 0 amide bonds. The van der Waals surface area contributed by atoms with Gasteiger partial charge in [-0.05, 0) is 92.7 Å². The number of aliphatic hydroxyl groups excluding tert-OH is 2. The van der Waals surface area contributed by atoms with Gasteiger partial charge in [-0.15, -0.1) is 0 Å². The maximum atomic E-state index is 10.8. The van der Waals surface area contributed by atoms with Crippen molar-refractivity contribution >= 4 is 0 Å². The van der Waals surface area contributed by atoms with Crippen LogP contribution < -0.4 is 14.2 Å². The van der Waals surface area contributed by atoms with Crippen molar-refractivity contribution in [2.24, 2.45) is 5.92 Å². The minimum absolute atomic E-state index is 0.0532. The van der Waals surface area contributed by atoms with Crippen molar-refractivity contribution in [2.45, 2.75) is 83.0 Å². The topological polar surface area (TPSA) is 118 Å². The maximum absolute atomic E-state index is 10.8. The van der Waals surface area contributed by atoms with Crippen molar-refractivity contribution in [2.75, 3.05) is 21.0 Å². The Labute approximate surface area is 219 Å². The number of aromatic hydroxyl groups is 2. The molecule has 0 aliphatic heterocycles. The molecule has 0 radical (unpaired) electrons. The third-order valence-electron chi connectivity index (χ3n) is 7.27. The van der Waals surface area contributed by atoms with Crippen LogP contribution in [0.15, 0.2) is 30.3 Å². The summed E-state index contributed by atoms with van der Waals surface area (Å²) in [4.78, 5) is 0. The molecule has 0 saturated heterocycles. The number of rotatable bonds is 15. The van der Waals surface area contributed by atoms with Crippen molar-refractivity contribution in [3.63, 3.8) is 0 Å². The van der Waals surface area contributed by atoms with Crippen molar-refractivity contribution in [1.82, 2.24) is 0 Å². The average molecular weight is 519 g/mol. The Kier molecular flexibility index (Phi) is 11.2. The van der Waals surface area contributed by atoms with Crippen molar-refractivity contribution < 1.29 is 39.4 Å². The molecule has 1 fully saturated rings. The van der Waals surface area contributed by atoms with E-state index in [1.807, 2.05) is 12.1 Å². The number of ether oxygens (including phenoxy) is 4. The van der Waals surface area contributed by atoms with E-state index in [0.717, 1.165) is 43.2 Å². The highest BCUT2D eigenvalue weighted by molar-refractivity contribution is 5.52. The summed E-state index contributed by atoms with van der Waals surface area (Å²) in [6.45, 7) is 1.64. The molecule has 206 valence electrons. The van der Waals surface area contributed by atoms with Gasteiger partial charge in [-0.25, -0.2) is 0 Å². The summed E-state index contributed by atoms with van der Waals surface area (Å²) in [5, 5.41) is 40.8. The molecular formula is C29H42O8. The molecule has 1 saturated carbocycles. The van der Waals surface area contributed by atoms with E-state index in [-0.39, 0.29) is 29.6 Å². The van der Waals surface area contributed by atoms with Gasteiger partial charge >= 0.3 is 0 Å². The second-order valence-electron chi connectivity index (χ2n) is 9.81. The fourth-order valence-electron chi connectivity index (χ4n) is 5.11. The Hall–Kier alpha value is -2.68. The van der Waals surface area contributed by atoms with Gasteiger partial charge in [-0.3, -0.25) is 0 Å². The molecule has 8 heteroatoms. The van der Waals surface area contributed by atoms with Crippen LogP contribution in [0.3, 0.4) is 0 Å². The van der Waals surface area contributed by atoms with E-state index in [2.05, 4.69) is 6.92 Å². The molecule has 8 nitrogen and oxygen atoms in total. The molecule has 0 bridgehead atoms. The molecule has 1 aliphatic rings. The van der Waals surface area contributed by atoms with Crippen LogP contribution >= 0.6 is 0 Å². The largest absolute Gasteiger partial charge is 0.504 e. The van der Waals surface area contributed by atoms with E-state index in [0.29, 0.717) is 42.9 Å². The lowest BCUT2D eigenvalue weighted by Gasteiger charge is -2.28. The normalized spacial score (nSPS) is 16.4. The van der Waals surface area contributed by atoms with E-state index in [9.17, 15) is 20.4 Å². The van der Waals surface area contributed by atoms with Gasteiger partial charge in [0.1, 0.15) is 6.79 Å². The van der Waals surface area contributed by atoms with Crippen LogP contribution in [-0.4, -0.2) is 59.8 Å². The molecule has 0 spiro atoms. The molecule has 3 unspecified atom stereocenters. The number of hydrogen-bond donors (Lipinski definition) is 4. The summed E-state index contributed by atoms with van der Waals surface area (Å²) in [5.74, 6) is 1.30. The lowest BCUT2D eigenvalue weighted by molar-refractivity contribution is -0.0897. The zero-order valence-corrected chi connectivity index (χ0v) is 22.2. The van der Waals surface area contributed by atoms with E-state index >= 15 is 0 Å². The lowest BCUT2D eigenvalue weighted by Crippen LogP contribution is -2.30. The molecule has 3 atom stereocenters. The van der Waals surface area contributed by atoms with Crippen LogP contribution in [0.25, 0.3) is 0 Å². The molecular weight excluding hydrogens is 476 g/mol. The number of phenolic OH excluding ortho intramolecular Hbond substituents is 2. The summed E-state index contributed by atoms with van der Waals surface area (Å²) in [6, 6.07) is 8.92. The predicted octanol–water partition coefficient (Wildman–Crippen LogP) is 4.72. The molecule has 3 rings (SSSR count). The first kappa shape index (κ1) is 28.9. The van der Waals surface area contributed by atoms with Gasteiger partial charge in [0.25, 0.3) is 0 Å². The summed E-state index contributed by atoms with van der Waals surface area (Å²) in [7, 11) is 2.96. The van der Waals surface area contributed by atoms with Crippen molar-refractivity contribution in [3.05, 3.63) is 41.5 Å². The molecule has 0 aromatic heterocycles. The number of methoxy groups -OCH3 is 2. The summed E-state index contributed by atoms with van der Waals surface area (Å²) < 4.78 is 22.2. The predicted molar refractivity (Wildman–Crippen MR) is 141 cm³/mol. The Morgan fingerprint density at radius 2 is 1.59 bits per heavy atom. The zero-order valence-electron chi connectivity index (χ0n) is 22.2. The number of hydrogen-bond acceptors (Lipinski definition) is 8. The first-order chi connectivity index (χ1) is 17.9. The van der Waals surface area contributed by atoms with E-state index < -0.39 is 12.9 Å². The molecule has 2 aromatic carbocycles. The van der Waals surface area contributed by atoms with Gasteiger partial charge in [0.2, 0.25) is 5.75 Å². The highest BCUT2D eigenvalue weighted by Gasteiger charge is 2.25. The Balaban J connectivity index is 1.63.